The molecule has 1 amide bonds. The highest BCUT2D eigenvalue weighted by Crippen LogP contribution is 2.25. The van der Waals surface area contributed by atoms with Crippen LogP contribution < -0.4 is 10.1 Å². The van der Waals surface area contributed by atoms with Crippen LogP contribution in [0, 0.1) is 6.92 Å². The Morgan fingerprint density at radius 3 is 2.56 bits per heavy atom. The van der Waals surface area contributed by atoms with Gasteiger partial charge < -0.3 is 14.6 Å². The molecule has 0 saturated carbocycles. The van der Waals surface area contributed by atoms with Crippen LogP contribution in [0.3, 0.4) is 0 Å². The molecule has 0 saturated heterocycles. The molecular weight excluding hydrogens is 422 g/mol. The number of hydrogen-bond acceptors (Lipinski definition) is 3. The van der Waals surface area contributed by atoms with E-state index in [1.165, 1.54) is 5.39 Å². The fourth-order valence-corrected chi connectivity index (χ4v) is 4.20. The van der Waals surface area contributed by atoms with Crippen molar-refractivity contribution < 1.29 is 9.53 Å². The van der Waals surface area contributed by atoms with Crippen molar-refractivity contribution in [3.05, 3.63) is 108 Å². The second-order valence-electron chi connectivity index (χ2n) is 8.40. The molecule has 4 aromatic carbocycles. The third-order valence-corrected chi connectivity index (χ3v) is 5.99. The average Bonchev–Trinajstić information content (AvgIpc) is 3.23. The molecule has 0 unspecified atom stereocenters. The van der Waals surface area contributed by atoms with Gasteiger partial charge in [-0.25, -0.2) is 4.98 Å². The summed E-state index contributed by atoms with van der Waals surface area (Å²) in [4.78, 5) is 17.4. The van der Waals surface area contributed by atoms with E-state index < -0.39 is 0 Å². The molecule has 1 aromatic heterocycles. The molecule has 0 aliphatic rings. The van der Waals surface area contributed by atoms with Crippen molar-refractivity contribution in [2.75, 3.05) is 6.61 Å². The number of amides is 1. The molecule has 5 aromatic rings. The van der Waals surface area contributed by atoms with Gasteiger partial charge in [-0.2, -0.15) is 0 Å². The summed E-state index contributed by atoms with van der Waals surface area (Å²) in [6, 6.07) is 30.0. The molecule has 0 spiro atoms. The number of carbonyl (C=O) groups excluding carboxylic acids is 1. The number of hydrogen-bond donors (Lipinski definition) is 1. The first-order valence-electron chi connectivity index (χ1n) is 11.6. The maximum absolute atomic E-state index is 12.6. The molecule has 34 heavy (non-hydrogen) atoms. The molecule has 0 aliphatic carbocycles. The summed E-state index contributed by atoms with van der Waals surface area (Å²) >= 11 is 0. The van der Waals surface area contributed by atoms with Gasteiger partial charge >= 0.3 is 0 Å². The standard InChI is InChI=1S/C29H27N3O2/c1-21-14-16-23(17-15-21)29(33)30-20-28-31-25-11-4-5-12-26(25)32(28)18-7-19-34-27-13-6-9-22-8-2-3-10-24(22)27/h2-6,8-17H,7,18-20H2,1H3,(H,30,33). The van der Waals surface area contributed by atoms with Crippen molar-refractivity contribution in [1.82, 2.24) is 14.9 Å². The van der Waals surface area contributed by atoms with Crippen LogP contribution in [0.1, 0.15) is 28.2 Å². The quantitative estimate of drug-likeness (QED) is 0.300. The number of fused-ring (bicyclic) bond motifs is 2. The smallest absolute Gasteiger partial charge is 0.251 e. The summed E-state index contributed by atoms with van der Waals surface area (Å²) in [5, 5.41) is 5.32. The minimum absolute atomic E-state index is 0.0992. The zero-order chi connectivity index (χ0) is 23.3. The van der Waals surface area contributed by atoms with Crippen molar-refractivity contribution >= 4 is 27.7 Å². The largest absolute Gasteiger partial charge is 0.493 e. The van der Waals surface area contributed by atoms with E-state index in [-0.39, 0.29) is 5.91 Å². The van der Waals surface area contributed by atoms with Gasteiger partial charge in [0.05, 0.1) is 24.2 Å². The number of benzene rings is 4. The van der Waals surface area contributed by atoms with E-state index >= 15 is 0 Å². The van der Waals surface area contributed by atoms with Gasteiger partial charge in [-0.15, -0.1) is 0 Å². The van der Waals surface area contributed by atoms with E-state index in [0.717, 1.165) is 46.5 Å². The van der Waals surface area contributed by atoms with E-state index in [0.29, 0.717) is 18.7 Å². The van der Waals surface area contributed by atoms with Gasteiger partial charge in [0.25, 0.3) is 5.91 Å². The molecule has 1 heterocycles. The highest BCUT2D eigenvalue weighted by atomic mass is 16.5. The monoisotopic (exact) mass is 449 g/mol. The first-order valence-corrected chi connectivity index (χ1v) is 11.6. The Hall–Kier alpha value is -4.12. The van der Waals surface area contributed by atoms with Crippen LogP contribution in [0.25, 0.3) is 21.8 Å². The first kappa shape index (κ1) is 21.7. The zero-order valence-electron chi connectivity index (χ0n) is 19.2. The van der Waals surface area contributed by atoms with Crippen LogP contribution in [-0.4, -0.2) is 22.1 Å². The van der Waals surface area contributed by atoms with E-state index in [4.69, 9.17) is 9.72 Å². The molecule has 1 N–H and O–H groups in total. The number of rotatable bonds is 8. The van der Waals surface area contributed by atoms with Crippen molar-refractivity contribution in [1.29, 1.82) is 0 Å². The van der Waals surface area contributed by atoms with Crippen LogP contribution in [0.5, 0.6) is 5.75 Å². The normalized spacial score (nSPS) is 11.1. The zero-order valence-corrected chi connectivity index (χ0v) is 19.2. The summed E-state index contributed by atoms with van der Waals surface area (Å²) in [6.45, 7) is 3.72. The van der Waals surface area contributed by atoms with Crippen molar-refractivity contribution in [3.8, 4) is 5.75 Å². The predicted octanol–water partition coefficient (Wildman–Crippen LogP) is 5.90. The lowest BCUT2D eigenvalue weighted by Crippen LogP contribution is -2.25. The lowest BCUT2D eigenvalue weighted by molar-refractivity contribution is 0.0949. The fraction of sp³-hybridized carbons (Fsp3) is 0.172. The number of imidazole rings is 1. The summed E-state index contributed by atoms with van der Waals surface area (Å²) in [5.74, 6) is 1.64. The molecule has 0 fully saturated rings. The number of nitrogens with zero attached hydrogens (tertiary/aromatic N) is 2. The van der Waals surface area contributed by atoms with E-state index in [1.54, 1.807) is 0 Å². The Morgan fingerprint density at radius 2 is 1.68 bits per heavy atom. The van der Waals surface area contributed by atoms with Crippen LogP contribution in [0.4, 0.5) is 0 Å². The van der Waals surface area contributed by atoms with Gasteiger partial charge in [0, 0.05) is 17.5 Å². The third kappa shape index (κ3) is 4.64. The molecule has 5 heteroatoms. The van der Waals surface area contributed by atoms with Gasteiger partial charge in [0.15, 0.2) is 0 Å². The topological polar surface area (TPSA) is 56.2 Å². The Labute approximate surface area is 199 Å². The molecule has 0 bridgehead atoms. The number of carbonyl (C=O) groups is 1. The Kier molecular flexibility index (Phi) is 6.25. The summed E-state index contributed by atoms with van der Waals surface area (Å²) < 4.78 is 8.31. The van der Waals surface area contributed by atoms with Crippen LogP contribution in [0.15, 0.2) is 91.0 Å². The molecule has 0 atom stereocenters. The minimum Gasteiger partial charge on any atom is -0.493 e. The SMILES string of the molecule is Cc1ccc(C(=O)NCc2nc3ccccc3n2CCCOc2cccc3ccccc23)cc1. The molecule has 0 aliphatic heterocycles. The van der Waals surface area contributed by atoms with Crippen molar-refractivity contribution in [3.63, 3.8) is 0 Å². The van der Waals surface area contributed by atoms with E-state index in [1.807, 2.05) is 73.7 Å². The van der Waals surface area contributed by atoms with Crippen LogP contribution in [-0.2, 0) is 13.1 Å². The van der Waals surface area contributed by atoms with E-state index in [9.17, 15) is 4.79 Å². The lowest BCUT2D eigenvalue weighted by atomic mass is 10.1. The number of nitrogens with one attached hydrogen (secondary N) is 1. The van der Waals surface area contributed by atoms with Crippen LogP contribution >= 0.6 is 0 Å². The predicted molar refractivity (Wildman–Crippen MR) is 136 cm³/mol. The Morgan fingerprint density at radius 1 is 0.912 bits per heavy atom. The second-order valence-corrected chi connectivity index (χ2v) is 8.40. The molecule has 5 rings (SSSR count). The highest BCUT2D eigenvalue weighted by Gasteiger charge is 2.12. The van der Waals surface area contributed by atoms with Gasteiger partial charge in [0.2, 0.25) is 0 Å². The number of aryl methyl sites for hydroxylation is 2. The van der Waals surface area contributed by atoms with Gasteiger partial charge in [-0.1, -0.05) is 66.2 Å². The highest BCUT2D eigenvalue weighted by molar-refractivity contribution is 5.94. The molecule has 170 valence electrons. The molecular formula is C29H27N3O2. The Bertz CT molecular complexity index is 1430. The van der Waals surface area contributed by atoms with Crippen molar-refractivity contribution in [2.45, 2.75) is 26.4 Å². The maximum Gasteiger partial charge on any atom is 0.251 e. The first-order chi connectivity index (χ1) is 16.7. The van der Waals surface area contributed by atoms with E-state index in [2.05, 4.69) is 34.1 Å². The molecule has 0 radical (unpaired) electrons. The summed E-state index contributed by atoms with van der Waals surface area (Å²) in [5.41, 5.74) is 3.77. The number of para-hydroxylation sites is 2. The van der Waals surface area contributed by atoms with Crippen molar-refractivity contribution in [2.24, 2.45) is 0 Å². The third-order valence-electron chi connectivity index (χ3n) is 5.99. The fourth-order valence-electron chi connectivity index (χ4n) is 4.20. The van der Waals surface area contributed by atoms with Crippen LogP contribution in [0.2, 0.25) is 0 Å². The lowest BCUT2D eigenvalue weighted by Gasteiger charge is -2.12. The second kappa shape index (κ2) is 9.79. The summed E-state index contributed by atoms with van der Waals surface area (Å²) in [6.07, 6.45) is 0.822. The molecule has 5 nitrogen and oxygen atoms in total. The van der Waals surface area contributed by atoms with Gasteiger partial charge in [0.1, 0.15) is 11.6 Å². The summed E-state index contributed by atoms with van der Waals surface area (Å²) in [7, 11) is 0. The average molecular weight is 450 g/mol. The maximum atomic E-state index is 12.6. The Balaban J connectivity index is 1.27. The van der Waals surface area contributed by atoms with Gasteiger partial charge in [-0.3, -0.25) is 4.79 Å². The minimum atomic E-state index is -0.0992. The van der Waals surface area contributed by atoms with Gasteiger partial charge in [-0.05, 0) is 49.1 Å². The number of ether oxygens (including phenoxy) is 1. The number of aromatic nitrogens is 2.